The Balaban J connectivity index is 3.63. The zero-order valence-corrected chi connectivity index (χ0v) is 9.38. The Labute approximate surface area is 90.2 Å². The molecule has 0 spiro atoms. The van der Waals surface area contributed by atoms with E-state index in [1.807, 2.05) is 6.92 Å². The van der Waals surface area contributed by atoms with Crippen molar-refractivity contribution in [3.8, 4) is 0 Å². The number of amides is 2. The van der Waals surface area contributed by atoms with Gasteiger partial charge >= 0.3 is 0 Å². The summed E-state index contributed by atoms with van der Waals surface area (Å²) in [5, 5.41) is 13.9. The van der Waals surface area contributed by atoms with Crippen LogP contribution in [0.25, 0.3) is 0 Å². The molecule has 0 heterocycles. The molecule has 1 unspecified atom stereocenters. The maximum absolute atomic E-state index is 11.2. The fraction of sp³-hybridized carbons (Fsp3) is 0.800. The van der Waals surface area contributed by atoms with Crippen LogP contribution >= 0.6 is 0 Å². The summed E-state index contributed by atoms with van der Waals surface area (Å²) in [4.78, 5) is 21.7. The third-order valence-corrected chi connectivity index (χ3v) is 2.20. The Morgan fingerprint density at radius 2 is 2.00 bits per heavy atom. The van der Waals surface area contributed by atoms with E-state index in [1.54, 1.807) is 0 Å². The number of hydrogen-bond donors (Lipinski definition) is 3. The number of rotatable bonds is 7. The first-order valence-electron chi connectivity index (χ1n) is 5.22. The van der Waals surface area contributed by atoms with Crippen LogP contribution in [0.4, 0.5) is 0 Å². The molecule has 5 nitrogen and oxygen atoms in total. The molecular weight excluding hydrogens is 196 g/mol. The van der Waals surface area contributed by atoms with Crippen LogP contribution in [0.2, 0.25) is 0 Å². The summed E-state index contributed by atoms with van der Waals surface area (Å²) in [5.41, 5.74) is 0. The Morgan fingerprint density at radius 1 is 1.33 bits per heavy atom. The van der Waals surface area contributed by atoms with E-state index >= 15 is 0 Å². The van der Waals surface area contributed by atoms with Crippen molar-refractivity contribution in [3.05, 3.63) is 0 Å². The van der Waals surface area contributed by atoms with Crippen LogP contribution in [0.1, 0.15) is 26.7 Å². The molecule has 2 amide bonds. The van der Waals surface area contributed by atoms with Gasteiger partial charge in [-0.1, -0.05) is 13.3 Å². The van der Waals surface area contributed by atoms with E-state index in [4.69, 9.17) is 5.11 Å². The second kappa shape index (κ2) is 8.23. The molecule has 0 radical (unpaired) electrons. The van der Waals surface area contributed by atoms with Crippen LogP contribution < -0.4 is 10.6 Å². The molecule has 1 atom stereocenters. The average Bonchev–Trinajstić information content (AvgIpc) is 2.21. The van der Waals surface area contributed by atoms with Crippen molar-refractivity contribution < 1.29 is 14.7 Å². The van der Waals surface area contributed by atoms with Gasteiger partial charge in [-0.2, -0.15) is 0 Å². The first-order valence-corrected chi connectivity index (χ1v) is 5.22. The topological polar surface area (TPSA) is 78.4 Å². The second-order valence-electron chi connectivity index (χ2n) is 3.50. The van der Waals surface area contributed by atoms with Crippen molar-refractivity contribution in [1.29, 1.82) is 0 Å². The molecule has 0 saturated carbocycles. The van der Waals surface area contributed by atoms with Gasteiger partial charge in [0, 0.05) is 20.1 Å². The Bertz CT molecular complexity index is 207. The van der Waals surface area contributed by atoms with Crippen molar-refractivity contribution in [2.45, 2.75) is 26.7 Å². The highest BCUT2D eigenvalue weighted by molar-refractivity contribution is 5.83. The van der Waals surface area contributed by atoms with E-state index in [-0.39, 0.29) is 25.0 Å². The number of carbonyl (C=O) groups excluding carboxylic acids is 2. The minimum Gasteiger partial charge on any atom is -0.396 e. The van der Waals surface area contributed by atoms with Crippen LogP contribution in [0.15, 0.2) is 0 Å². The number of aliphatic hydroxyl groups is 1. The maximum Gasteiger partial charge on any atom is 0.239 e. The molecule has 0 aromatic rings. The summed E-state index contributed by atoms with van der Waals surface area (Å²) in [6.07, 6.45) is 1.61. The van der Waals surface area contributed by atoms with Gasteiger partial charge in [0.1, 0.15) is 0 Å². The molecule has 0 aromatic carbocycles. The van der Waals surface area contributed by atoms with Crippen LogP contribution in [0, 0.1) is 5.92 Å². The third kappa shape index (κ3) is 7.93. The van der Waals surface area contributed by atoms with Gasteiger partial charge in [0.15, 0.2) is 0 Å². The highest BCUT2D eigenvalue weighted by Gasteiger charge is 2.07. The van der Waals surface area contributed by atoms with E-state index in [2.05, 4.69) is 10.6 Å². The molecule has 3 N–H and O–H groups in total. The maximum atomic E-state index is 11.2. The Kier molecular flexibility index (Phi) is 7.62. The van der Waals surface area contributed by atoms with Crippen molar-refractivity contribution in [1.82, 2.24) is 10.6 Å². The van der Waals surface area contributed by atoms with Crippen molar-refractivity contribution in [2.75, 3.05) is 19.7 Å². The monoisotopic (exact) mass is 216 g/mol. The number of carbonyl (C=O) groups is 2. The number of aliphatic hydroxyl groups excluding tert-OH is 1. The lowest BCUT2D eigenvalue weighted by Gasteiger charge is -2.14. The summed E-state index contributed by atoms with van der Waals surface area (Å²) in [6, 6.07) is 0. The van der Waals surface area contributed by atoms with Crippen LogP contribution in [-0.2, 0) is 9.59 Å². The van der Waals surface area contributed by atoms with E-state index in [0.717, 1.165) is 6.42 Å². The molecule has 0 aliphatic carbocycles. The number of hydrogen-bond acceptors (Lipinski definition) is 3. The molecule has 5 heteroatoms. The summed E-state index contributed by atoms with van der Waals surface area (Å²) < 4.78 is 0. The Morgan fingerprint density at radius 3 is 2.47 bits per heavy atom. The van der Waals surface area contributed by atoms with Crippen molar-refractivity contribution in [2.24, 2.45) is 5.92 Å². The minimum absolute atomic E-state index is 0.0187. The van der Waals surface area contributed by atoms with E-state index in [9.17, 15) is 9.59 Å². The SMILES string of the molecule is CCC(CCO)CNC(=O)CNC(C)=O. The third-order valence-electron chi connectivity index (χ3n) is 2.20. The molecule has 0 bridgehead atoms. The molecular formula is C10H20N2O3. The first kappa shape index (κ1) is 13.9. The van der Waals surface area contributed by atoms with Gasteiger partial charge in [0.25, 0.3) is 0 Å². The normalized spacial score (nSPS) is 11.9. The van der Waals surface area contributed by atoms with Gasteiger partial charge in [-0.3, -0.25) is 9.59 Å². The minimum atomic E-state index is -0.215. The first-order chi connectivity index (χ1) is 7.10. The average molecular weight is 216 g/mol. The van der Waals surface area contributed by atoms with Crippen LogP contribution in [0.3, 0.4) is 0 Å². The van der Waals surface area contributed by atoms with Crippen LogP contribution in [0.5, 0.6) is 0 Å². The van der Waals surface area contributed by atoms with Crippen molar-refractivity contribution >= 4 is 11.8 Å². The molecule has 0 saturated heterocycles. The largest absolute Gasteiger partial charge is 0.396 e. The van der Waals surface area contributed by atoms with Gasteiger partial charge in [0.05, 0.1) is 6.54 Å². The molecule has 0 aromatic heterocycles. The molecule has 0 aliphatic heterocycles. The molecule has 0 aliphatic rings. The zero-order valence-electron chi connectivity index (χ0n) is 9.38. The highest BCUT2D eigenvalue weighted by atomic mass is 16.3. The lowest BCUT2D eigenvalue weighted by atomic mass is 10.0. The second-order valence-corrected chi connectivity index (χ2v) is 3.50. The summed E-state index contributed by atoms with van der Waals surface area (Å²) in [5.74, 6) is -0.106. The smallest absolute Gasteiger partial charge is 0.239 e. The van der Waals surface area contributed by atoms with E-state index < -0.39 is 0 Å². The fourth-order valence-electron chi connectivity index (χ4n) is 1.16. The molecule has 15 heavy (non-hydrogen) atoms. The van der Waals surface area contributed by atoms with Crippen molar-refractivity contribution in [3.63, 3.8) is 0 Å². The Hall–Kier alpha value is -1.10. The van der Waals surface area contributed by atoms with Crippen LogP contribution in [-0.4, -0.2) is 36.6 Å². The quantitative estimate of drug-likeness (QED) is 0.544. The fourth-order valence-corrected chi connectivity index (χ4v) is 1.16. The summed E-state index contributed by atoms with van der Waals surface area (Å²) in [6.45, 7) is 4.09. The lowest BCUT2D eigenvalue weighted by molar-refractivity contribution is -0.125. The van der Waals surface area contributed by atoms with Gasteiger partial charge < -0.3 is 15.7 Å². The molecule has 0 rings (SSSR count). The van der Waals surface area contributed by atoms with E-state index in [0.29, 0.717) is 18.9 Å². The molecule has 88 valence electrons. The zero-order chi connectivity index (χ0) is 11.7. The van der Waals surface area contributed by atoms with Gasteiger partial charge in [0.2, 0.25) is 11.8 Å². The standard InChI is InChI=1S/C10H20N2O3/c1-3-9(4-5-13)6-12-10(15)7-11-8(2)14/h9,13H,3-7H2,1-2H3,(H,11,14)(H,12,15). The predicted octanol–water partition coefficient (Wildman–Crippen LogP) is -0.353. The van der Waals surface area contributed by atoms with Gasteiger partial charge in [-0.15, -0.1) is 0 Å². The van der Waals surface area contributed by atoms with Gasteiger partial charge in [-0.05, 0) is 12.3 Å². The van der Waals surface area contributed by atoms with Gasteiger partial charge in [-0.25, -0.2) is 0 Å². The molecule has 0 fully saturated rings. The summed E-state index contributed by atoms with van der Waals surface area (Å²) >= 11 is 0. The highest BCUT2D eigenvalue weighted by Crippen LogP contribution is 2.05. The lowest BCUT2D eigenvalue weighted by Crippen LogP contribution is -2.38. The predicted molar refractivity (Wildman–Crippen MR) is 57.2 cm³/mol. The summed E-state index contributed by atoms with van der Waals surface area (Å²) in [7, 11) is 0. The number of nitrogens with one attached hydrogen (secondary N) is 2. The van der Waals surface area contributed by atoms with E-state index in [1.165, 1.54) is 6.92 Å².